The van der Waals surface area contributed by atoms with Crippen LogP contribution in [0.15, 0.2) is 174 Å². The molecule has 7 heteroatoms. The smallest absolute Gasteiger partial charge is 0.227 e. The third kappa shape index (κ3) is 5.53. The molecule has 52 heavy (non-hydrogen) atoms. The van der Waals surface area contributed by atoms with E-state index in [4.69, 9.17) is 19.4 Å². The summed E-state index contributed by atoms with van der Waals surface area (Å²) in [5.41, 5.74) is 12.2. The van der Waals surface area contributed by atoms with Crippen LogP contribution in [-0.2, 0) is 0 Å². The number of aromatic nitrogens is 3. The van der Waals surface area contributed by atoms with Crippen LogP contribution >= 0.6 is 22.7 Å². The van der Waals surface area contributed by atoms with Gasteiger partial charge in [-0.15, -0.1) is 22.7 Å². The maximum Gasteiger partial charge on any atom is 0.227 e. The molecule has 0 radical (unpaired) electrons. The Labute approximate surface area is 307 Å². The van der Waals surface area contributed by atoms with E-state index in [9.17, 15) is 0 Å². The summed E-state index contributed by atoms with van der Waals surface area (Å²) in [6, 6.07) is 58.8. The third-order valence-corrected chi connectivity index (χ3v) is 11.4. The second-order valence-electron chi connectivity index (χ2n) is 12.5. The molecule has 0 aliphatic carbocycles. The number of para-hydroxylation sites is 4. The van der Waals surface area contributed by atoms with Crippen molar-refractivity contribution in [2.45, 2.75) is 0 Å². The van der Waals surface area contributed by atoms with Crippen LogP contribution in [0.3, 0.4) is 0 Å². The number of thiazole rings is 2. The number of fused-ring (bicyclic) bond motifs is 3. The molecule has 0 aliphatic heterocycles. The van der Waals surface area contributed by atoms with Gasteiger partial charge in [0, 0.05) is 39.3 Å². The van der Waals surface area contributed by atoms with Gasteiger partial charge in [-0.1, -0.05) is 66.7 Å². The lowest BCUT2D eigenvalue weighted by molar-refractivity contribution is 0.620. The minimum Gasteiger partial charge on any atom is -0.436 e. The van der Waals surface area contributed by atoms with E-state index in [0.717, 1.165) is 71.5 Å². The number of hydrogen-bond acceptors (Lipinski definition) is 7. The van der Waals surface area contributed by atoms with Crippen LogP contribution in [0.25, 0.3) is 75.3 Å². The predicted octanol–water partition coefficient (Wildman–Crippen LogP) is 13.2. The van der Waals surface area contributed by atoms with Crippen molar-refractivity contribution in [1.29, 1.82) is 0 Å². The van der Waals surface area contributed by atoms with Crippen LogP contribution in [0.5, 0.6) is 0 Å². The molecular formula is C45H28N4OS2. The molecule has 0 saturated carbocycles. The lowest BCUT2D eigenvalue weighted by atomic mass is 10.0. The minimum atomic E-state index is 0.607. The predicted molar refractivity (Wildman–Crippen MR) is 217 cm³/mol. The first kappa shape index (κ1) is 30.4. The van der Waals surface area contributed by atoms with E-state index in [2.05, 4.69) is 138 Å². The number of oxazole rings is 1. The van der Waals surface area contributed by atoms with Crippen molar-refractivity contribution >= 4 is 71.3 Å². The molecule has 0 N–H and O–H groups in total. The number of anilines is 3. The molecule has 10 rings (SSSR count). The van der Waals surface area contributed by atoms with Gasteiger partial charge in [-0.3, -0.25) is 0 Å². The van der Waals surface area contributed by atoms with Gasteiger partial charge in [0.25, 0.3) is 0 Å². The zero-order valence-corrected chi connectivity index (χ0v) is 29.3. The molecule has 0 bridgehead atoms. The molecule has 0 amide bonds. The molecular weight excluding hydrogens is 677 g/mol. The zero-order chi connectivity index (χ0) is 34.4. The van der Waals surface area contributed by atoms with Crippen molar-refractivity contribution in [1.82, 2.24) is 15.0 Å². The van der Waals surface area contributed by atoms with Crippen molar-refractivity contribution in [2.75, 3.05) is 4.90 Å². The Morgan fingerprint density at radius 1 is 0.404 bits per heavy atom. The summed E-state index contributed by atoms with van der Waals surface area (Å²) in [5.74, 6) is 0.607. The maximum absolute atomic E-state index is 6.08. The second-order valence-corrected chi connectivity index (χ2v) is 14.5. The van der Waals surface area contributed by atoms with Gasteiger partial charge in [0.2, 0.25) is 5.89 Å². The van der Waals surface area contributed by atoms with Crippen LogP contribution in [-0.4, -0.2) is 15.0 Å². The highest BCUT2D eigenvalue weighted by Gasteiger charge is 2.17. The summed E-state index contributed by atoms with van der Waals surface area (Å²) >= 11 is 3.44. The summed E-state index contributed by atoms with van der Waals surface area (Å²) in [7, 11) is 0. The molecule has 0 saturated heterocycles. The van der Waals surface area contributed by atoms with Crippen LogP contribution in [0.4, 0.5) is 17.1 Å². The quantitative estimate of drug-likeness (QED) is 0.165. The fourth-order valence-electron chi connectivity index (χ4n) is 6.62. The first-order chi connectivity index (χ1) is 25.7. The van der Waals surface area contributed by atoms with Gasteiger partial charge in [0.1, 0.15) is 15.5 Å². The number of benzene rings is 7. The third-order valence-electron chi connectivity index (χ3n) is 9.21. The van der Waals surface area contributed by atoms with Crippen LogP contribution in [0.2, 0.25) is 0 Å². The molecule has 0 unspecified atom stereocenters. The highest BCUT2D eigenvalue weighted by Crippen LogP contribution is 2.40. The summed E-state index contributed by atoms with van der Waals surface area (Å²) in [6.07, 6.45) is 0. The van der Waals surface area contributed by atoms with Gasteiger partial charge in [-0.25, -0.2) is 15.0 Å². The highest BCUT2D eigenvalue weighted by molar-refractivity contribution is 7.22. The minimum absolute atomic E-state index is 0.607. The molecule has 0 spiro atoms. The first-order valence-electron chi connectivity index (χ1n) is 17.0. The van der Waals surface area contributed by atoms with Gasteiger partial charge in [-0.2, -0.15) is 0 Å². The van der Waals surface area contributed by atoms with E-state index in [0.29, 0.717) is 5.89 Å². The first-order valence-corrected chi connectivity index (χ1v) is 18.6. The lowest BCUT2D eigenvalue weighted by Gasteiger charge is -2.26. The second kappa shape index (κ2) is 12.7. The summed E-state index contributed by atoms with van der Waals surface area (Å²) in [5, 5.41) is 2.01. The lowest BCUT2D eigenvalue weighted by Crippen LogP contribution is -2.09. The van der Waals surface area contributed by atoms with E-state index >= 15 is 0 Å². The van der Waals surface area contributed by atoms with Crippen molar-refractivity contribution in [2.24, 2.45) is 0 Å². The largest absolute Gasteiger partial charge is 0.436 e. The normalized spacial score (nSPS) is 11.5. The van der Waals surface area contributed by atoms with E-state index in [1.165, 1.54) is 15.0 Å². The van der Waals surface area contributed by atoms with E-state index in [1.54, 1.807) is 22.7 Å². The van der Waals surface area contributed by atoms with E-state index in [1.807, 2.05) is 36.4 Å². The summed E-state index contributed by atoms with van der Waals surface area (Å²) in [6.45, 7) is 0. The highest BCUT2D eigenvalue weighted by atomic mass is 32.1. The Morgan fingerprint density at radius 2 is 0.962 bits per heavy atom. The fraction of sp³-hybridized carbons (Fsp3) is 0. The fourth-order valence-corrected chi connectivity index (χ4v) is 8.59. The van der Waals surface area contributed by atoms with Gasteiger partial charge >= 0.3 is 0 Å². The zero-order valence-electron chi connectivity index (χ0n) is 27.7. The van der Waals surface area contributed by atoms with Crippen LogP contribution in [0, 0.1) is 0 Å². The molecule has 7 aromatic carbocycles. The van der Waals surface area contributed by atoms with E-state index in [-0.39, 0.29) is 0 Å². The Bertz CT molecular complexity index is 2650. The molecule has 0 aliphatic rings. The molecule has 0 fully saturated rings. The number of nitrogens with zero attached hydrogens (tertiary/aromatic N) is 4. The van der Waals surface area contributed by atoms with Crippen molar-refractivity contribution < 1.29 is 4.42 Å². The van der Waals surface area contributed by atoms with Crippen molar-refractivity contribution in [3.05, 3.63) is 170 Å². The van der Waals surface area contributed by atoms with Gasteiger partial charge < -0.3 is 9.32 Å². The van der Waals surface area contributed by atoms with E-state index < -0.39 is 0 Å². The van der Waals surface area contributed by atoms with Crippen molar-refractivity contribution in [3.8, 4) is 43.7 Å². The van der Waals surface area contributed by atoms with Gasteiger partial charge in [-0.05, 0) is 109 Å². The molecule has 10 aromatic rings. The molecule has 3 aromatic heterocycles. The number of rotatable bonds is 7. The maximum atomic E-state index is 6.08. The topological polar surface area (TPSA) is 55.1 Å². The average Bonchev–Trinajstić information content (AvgIpc) is 3.96. The summed E-state index contributed by atoms with van der Waals surface area (Å²) in [4.78, 5) is 17.0. The van der Waals surface area contributed by atoms with Crippen LogP contribution in [0.1, 0.15) is 0 Å². The summed E-state index contributed by atoms with van der Waals surface area (Å²) < 4.78 is 8.44. The van der Waals surface area contributed by atoms with Crippen molar-refractivity contribution in [3.63, 3.8) is 0 Å². The Kier molecular flexibility index (Phi) is 7.44. The Balaban J connectivity index is 1.02. The Morgan fingerprint density at radius 3 is 1.63 bits per heavy atom. The van der Waals surface area contributed by atoms with Gasteiger partial charge in [0.05, 0.1) is 20.4 Å². The van der Waals surface area contributed by atoms with Gasteiger partial charge in [0.15, 0.2) is 5.58 Å². The molecule has 5 nitrogen and oxygen atoms in total. The van der Waals surface area contributed by atoms with Crippen LogP contribution < -0.4 is 4.90 Å². The monoisotopic (exact) mass is 704 g/mol. The average molecular weight is 705 g/mol. The molecule has 246 valence electrons. The SMILES string of the molecule is c1ccc(-c2cccc3sc(-c4ccc(N(c5ccc(-c6nc7ccccc7o6)cc5)c5ccc(-c6nc7ccccc7s6)cc5)cc4)nc23)cc1. The standard InChI is InChI=1S/C45H28N4OS2/c1-2-9-29(10-3-1)36-11-8-16-41-42(36)48-45(52-41)32-21-27-35(28-22-32)49(33-23-17-30(18-24-33)43-46-37-12-4-6-14-39(37)50-43)34-25-19-31(20-26-34)44-47-38-13-5-7-15-40(38)51-44/h1-28H. The molecule has 3 heterocycles. The molecule has 0 atom stereocenters. The Hall–Kier alpha value is -6.41. The number of hydrogen-bond donors (Lipinski definition) is 0.